The van der Waals surface area contributed by atoms with E-state index in [2.05, 4.69) is 12.0 Å². The van der Waals surface area contributed by atoms with Crippen LogP contribution in [0.5, 0.6) is 0 Å². The molecular weight excluding hydrogens is 388 g/mol. The van der Waals surface area contributed by atoms with Gasteiger partial charge in [0.2, 0.25) is 0 Å². The zero-order valence-corrected chi connectivity index (χ0v) is 15.1. The number of allylic oxidation sites excluding steroid dienone is 2. The number of rotatable bonds is 2. The van der Waals surface area contributed by atoms with Crippen molar-refractivity contribution in [2.75, 3.05) is 7.05 Å². The van der Waals surface area contributed by atoms with Crippen LogP contribution in [0.3, 0.4) is 0 Å². The maximum atomic E-state index is 13.1. The second kappa shape index (κ2) is 7.36. The topological polar surface area (TPSA) is 26.3 Å². The van der Waals surface area contributed by atoms with E-state index in [-0.39, 0.29) is 17.3 Å². The largest absolute Gasteiger partial charge is 0.453 e. The van der Waals surface area contributed by atoms with Crippen molar-refractivity contribution in [3.05, 3.63) is 53.2 Å². The number of hydrogen-bond acceptors (Lipinski definition) is 2. The fraction of sp³-hybridized carbons (Fsp3) is 0.316. The molecule has 0 radical (unpaired) electrons. The molecule has 28 heavy (non-hydrogen) atoms. The molecule has 150 valence electrons. The van der Waals surface area contributed by atoms with Gasteiger partial charge in [0.15, 0.2) is 11.7 Å². The number of carbonyl (C=O) groups excluding carboxylic acids is 1. The molecule has 1 aliphatic rings. The standard InChI is InChI=1S/C19H16F6NO2/c1-12(2)28-17(27)6-8-26(3)7-4-5-16(26)13-9-14(18(20,21)22)11-15(10-13)19(23,24)25/h4-5,7,9-12H,1-3H3/q+1. The van der Waals surface area contributed by atoms with Crippen molar-refractivity contribution in [3.8, 4) is 12.0 Å². The highest BCUT2D eigenvalue weighted by Crippen LogP contribution is 2.40. The van der Waals surface area contributed by atoms with Gasteiger partial charge in [-0.15, -0.1) is 0 Å². The molecule has 1 aromatic rings. The van der Waals surface area contributed by atoms with Gasteiger partial charge in [0, 0.05) is 11.6 Å². The van der Waals surface area contributed by atoms with E-state index >= 15 is 0 Å². The van der Waals surface area contributed by atoms with Crippen LogP contribution in [0, 0.1) is 12.0 Å². The predicted molar refractivity (Wildman–Crippen MR) is 88.8 cm³/mol. The highest BCUT2D eigenvalue weighted by atomic mass is 19.4. The van der Waals surface area contributed by atoms with E-state index in [1.165, 1.54) is 25.4 Å². The molecule has 0 N–H and O–H groups in total. The van der Waals surface area contributed by atoms with Crippen LogP contribution in [0.4, 0.5) is 26.3 Å². The molecule has 0 bridgehead atoms. The summed E-state index contributed by atoms with van der Waals surface area (Å²) < 4.78 is 82.9. The van der Waals surface area contributed by atoms with Gasteiger partial charge in [0.05, 0.1) is 30.2 Å². The molecule has 3 nitrogen and oxygen atoms in total. The lowest BCUT2D eigenvalue weighted by Crippen LogP contribution is -2.29. The van der Waals surface area contributed by atoms with Gasteiger partial charge in [-0.25, -0.2) is 4.79 Å². The number of ether oxygens (including phenoxy) is 1. The summed E-state index contributed by atoms with van der Waals surface area (Å²) in [7, 11) is 1.43. The second-order valence-corrected chi connectivity index (χ2v) is 6.45. The fourth-order valence-electron chi connectivity index (χ4n) is 2.51. The third kappa shape index (κ3) is 4.95. The van der Waals surface area contributed by atoms with Crippen LogP contribution in [0.25, 0.3) is 5.70 Å². The highest BCUT2D eigenvalue weighted by molar-refractivity contribution is 5.88. The molecular formula is C19H16F6NO2+. The number of halogens is 6. The highest BCUT2D eigenvalue weighted by Gasteiger charge is 2.39. The van der Waals surface area contributed by atoms with Crippen molar-refractivity contribution < 1.29 is 40.4 Å². The Kier molecular flexibility index (Phi) is 5.67. The average Bonchev–Trinajstić information content (AvgIpc) is 2.92. The monoisotopic (exact) mass is 404 g/mol. The third-order valence-corrected chi connectivity index (χ3v) is 3.76. The van der Waals surface area contributed by atoms with Gasteiger partial charge in [0.1, 0.15) is 6.20 Å². The summed E-state index contributed by atoms with van der Waals surface area (Å²) in [6, 6.07) is 3.83. The quantitative estimate of drug-likeness (QED) is 0.302. The van der Waals surface area contributed by atoms with Gasteiger partial charge in [0.25, 0.3) is 0 Å². The Labute approximate surface area is 157 Å². The van der Waals surface area contributed by atoms with Crippen LogP contribution < -0.4 is 0 Å². The molecule has 1 heterocycles. The molecule has 0 amide bonds. The van der Waals surface area contributed by atoms with Gasteiger partial charge in [-0.05, 0) is 38.1 Å². The van der Waals surface area contributed by atoms with Crippen LogP contribution in [0.1, 0.15) is 30.5 Å². The van der Waals surface area contributed by atoms with E-state index in [1.807, 2.05) is 0 Å². The van der Waals surface area contributed by atoms with Crippen molar-refractivity contribution in [2.24, 2.45) is 0 Å². The minimum atomic E-state index is -4.96. The molecule has 9 heteroatoms. The smallest absolute Gasteiger partial charge is 0.416 e. The minimum absolute atomic E-state index is 0.0569. The van der Waals surface area contributed by atoms with E-state index in [1.54, 1.807) is 13.8 Å². The van der Waals surface area contributed by atoms with Gasteiger partial charge in [-0.3, -0.25) is 0 Å². The minimum Gasteiger partial charge on any atom is -0.453 e. The van der Waals surface area contributed by atoms with Crippen LogP contribution in [-0.4, -0.2) is 23.6 Å². The van der Waals surface area contributed by atoms with Crippen molar-refractivity contribution in [1.29, 1.82) is 0 Å². The Morgan fingerprint density at radius 3 is 2.04 bits per heavy atom. The number of benzene rings is 1. The number of quaternary nitrogens is 1. The normalized spacial score (nSPS) is 19.3. The van der Waals surface area contributed by atoms with E-state index in [0.717, 1.165) is 0 Å². The molecule has 1 atom stereocenters. The third-order valence-electron chi connectivity index (χ3n) is 3.76. The SMILES string of the molecule is CC(C)OC(=O)C#C[N+]1(C)C=CC=C1c1cc(C(F)(F)F)cc(C(F)(F)F)c1. The second-order valence-electron chi connectivity index (χ2n) is 6.45. The summed E-state index contributed by atoms with van der Waals surface area (Å²) in [5.74, 6) is 1.36. The van der Waals surface area contributed by atoms with E-state index in [4.69, 9.17) is 4.74 Å². The lowest BCUT2D eigenvalue weighted by Gasteiger charge is -2.23. The van der Waals surface area contributed by atoms with Crippen molar-refractivity contribution in [3.63, 3.8) is 0 Å². The summed E-state index contributed by atoms with van der Waals surface area (Å²) in [5.41, 5.74) is -3.10. The number of carbonyl (C=O) groups is 1. The lowest BCUT2D eigenvalue weighted by molar-refractivity contribution is -0.706. The summed E-state index contributed by atoms with van der Waals surface area (Å²) in [5, 5.41) is 0. The van der Waals surface area contributed by atoms with E-state index in [9.17, 15) is 31.1 Å². The Hall–Kier alpha value is -2.73. The molecule has 0 fully saturated rings. The lowest BCUT2D eigenvalue weighted by atomic mass is 10.0. The van der Waals surface area contributed by atoms with Gasteiger partial charge in [-0.2, -0.15) is 30.8 Å². The molecule has 0 saturated heterocycles. The number of nitrogens with zero attached hydrogens (tertiary/aromatic N) is 1. The Balaban J connectivity index is 2.52. The zero-order valence-electron chi connectivity index (χ0n) is 15.1. The summed E-state index contributed by atoms with van der Waals surface area (Å²) in [4.78, 5) is 11.6. The maximum absolute atomic E-state index is 13.1. The summed E-state index contributed by atoms with van der Waals surface area (Å²) in [6.45, 7) is 3.22. The molecule has 0 aliphatic carbocycles. The summed E-state index contributed by atoms with van der Waals surface area (Å²) in [6.07, 6.45) is -6.13. The number of hydrogen-bond donors (Lipinski definition) is 0. The fourth-order valence-corrected chi connectivity index (χ4v) is 2.51. The predicted octanol–water partition coefficient (Wildman–Crippen LogP) is 4.95. The van der Waals surface area contributed by atoms with Gasteiger partial charge in [-0.1, -0.05) is 0 Å². The van der Waals surface area contributed by atoms with E-state index in [0.29, 0.717) is 12.1 Å². The average molecular weight is 404 g/mol. The van der Waals surface area contributed by atoms with Crippen LogP contribution in [0.15, 0.2) is 36.6 Å². The Morgan fingerprint density at radius 2 is 1.57 bits per heavy atom. The Morgan fingerprint density at radius 1 is 1.04 bits per heavy atom. The molecule has 0 saturated carbocycles. The molecule has 1 aliphatic heterocycles. The Bertz CT molecular complexity index is 867. The number of esters is 1. The maximum Gasteiger partial charge on any atom is 0.416 e. The first-order valence-electron chi connectivity index (χ1n) is 8.02. The molecule has 2 rings (SSSR count). The zero-order chi connectivity index (χ0) is 21.3. The van der Waals surface area contributed by atoms with Crippen molar-refractivity contribution in [1.82, 2.24) is 0 Å². The molecule has 0 aromatic heterocycles. The molecule has 1 unspecified atom stereocenters. The molecule has 1 aromatic carbocycles. The van der Waals surface area contributed by atoms with Crippen LogP contribution in [-0.2, 0) is 21.9 Å². The first-order valence-corrected chi connectivity index (χ1v) is 8.02. The van der Waals surface area contributed by atoms with Crippen LogP contribution >= 0.6 is 0 Å². The number of alkyl halides is 6. The van der Waals surface area contributed by atoms with E-state index < -0.39 is 40.0 Å². The van der Waals surface area contributed by atoms with Gasteiger partial charge >= 0.3 is 18.3 Å². The molecule has 0 spiro atoms. The first kappa shape index (κ1) is 21.6. The van der Waals surface area contributed by atoms with Crippen LogP contribution in [0.2, 0.25) is 0 Å². The summed E-state index contributed by atoms with van der Waals surface area (Å²) >= 11 is 0. The van der Waals surface area contributed by atoms with Gasteiger partial charge < -0.3 is 4.74 Å². The first-order chi connectivity index (χ1) is 12.7. The van der Waals surface area contributed by atoms with Crippen molar-refractivity contribution in [2.45, 2.75) is 32.3 Å². The van der Waals surface area contributed by atoms with Crippen molar-refractivity contribution >= 4 is 11.7 Å².